The smallest absolute Gasteiger partial charge is 0.273 e. The number of hydrogen-bond acceptors (Lipinski definition) is 4. The fraction of sp³-hybridized carbons (Fsp3) is 0.0667. The van der Waals surface area contributed by atoms with Crippen LogP contribution in [0.15, 0.2) is 54.9 Å². The number of benzene rings is 2. The lowest BCUT2D eigenvalue weighted by Crippen LogP contribution is -2.19. The number of nitro groups is 1. The van der Waals surface area contributed by atoms with Crippen LogP contribution in [-0.2, 0) is 6.54 Å². The monoisotopic (exact) mass is 286 g/mol. The number of ether oxygens (including phenoxy) is 1. The molecule has 0 amide bonds. The van der Waals surface area contributed by atoms with Crippen LogP contribution in [0.25, 0.3) is 0 Å². The maximum absolute atomic E-state index is 13.7. The second-order valence-corrected chi connectivity index (χ2v) is 4.53. The minimum absolute atomic E-state index is 0.0464. The van der Waals surface area contributed by atoms with Gasteiger partial charge in [0.25, 0.3) is 5.69 Å². The van der Waals surface area contributed by atoms with Crippen molar-refractivity contribution in [3.05, 3.63) is 76.4 Å². The van der Waals surface area contributed by atoms with E-state index >= 15 is 0 Å². The molecule has 1 aliphatic heterocycles. The maximum Gasteiger partial charge on any atom is 0.273 e. The first-order valence-corrected chi connectivity index (χ1v) is 6.27. The van der Waals surface area contributed by atoms with Crippen LogP contribution < -0.4 is 9.64 Å². The summed E-state index contributed by atoms with van der Waals surface area (Å²) in [6, 6.07) is 10.8. The van der Waals surface area contributed by atoms with E-state index in [9.17, 15) is 14.5 Å². The highest BCUT2D eigenvalue weighted by Gasteiger charge is 2.19. The lowest BCUT2D eigenvalue weighted by molar-refractivity contribution is -0.384. The van der Waals surface area contributed by atoms with E-state index in [0.717, 1.165) is 0 Å². The highest BCUT2D eigenvalue weighted by Crippen LogP contribution is 2.36. The zero-order valence-electron chi connectivity index (χ0n) is 10.9. The molecule has 106 valence electrons. The van der Waals surface area contributed by atoms with Crippen LogP contribution in [0.1, 0.15) is 5.56 Å². The van der Waals surface area contributed by atoms with Gasteiger partial charge in [-0.1, -0.05) is 18.2 Å². The van der Waals surface area contributed by atoms with Crippen molar-refractivity contribution >= 4 is 11.4 Å². The summed E-state index contributed by atoms with van der Waals surface area (Å²) in [5.41, 5.74) is 1.15. The Balaban J connectivity index is 1.92. The molecular weight excluding hydrogens is 275 g/mol. The molecule has 21 heavy (non-hydrogen) atoms. The molecule has 0 unspecified atom stereocenters. The van der Waals surface area contributed by atoms with Gasteiger partial charge in [-0.3, -0.25) is 10.1 Å². The minimum atomic E-state index is -0.483. The largest absolute Gasteiger partial charge is 0.461 e. The van der Waals surface area contributed by atoms with Crippen LogP contribution in [-0.4, -0.2) is 4.92 Å². The average Bonchev–Trinajstić information content (AvgIpc) is 2.49. The molecule has 2 aromatic carbocycles. The zero-order chi connectivity index (χ0) is 14.8. The Labute approximate surface area is 120 Å². The van der Waals surface area contributed by atoms with Crippen LogP contribution in [0.5, 0.6) is 5.75 Å². The van der Waals surface area contributed by atoms with E-state index in [4.69, 9.17) is 4.74 Å². The summed E-state index contributed by atoms with van der Waals surface area (Å²) in [4.78, 5) is 12.1. The third-order valence-corrected chi connectivity index (χ3v) is 3.20. The molecule has 2 aromatic rings. The molecule has 0 fully saturated rings. The van der Waals surface area contributed by atoms with Crippen molar-refractivity contribution in [2.75, 3.05) is 4.90 Å². The Morgan fingerprint density at radius 1 is 1.24 bits per heavy atom. The van der Waals surface area contributed by atoms with Gasteiger partial charge in [0.2, 0.25) is 0 Å². The number of non-ortho nitro benzene ring substituents is 1. The van der Waals surface area contributed by atoms with Crippen molar-refractivity contribution in [3.63, 3.8) is 0 Å². The summed E-state index contributed by atoms with van der Waals surface area (Å²) in [6.07, 6.45) is 3.09. The van der Waals surface area contributed by atoms with E-state index in [0.29, 0.717) is 23.5 Å². The van der Waals surface area contributed by atoms with E-state index in [1.165, 1.54) is 24.5 Å². The fourth-order valence-corrected chi connectivity index (χ4v) is 2.15. The van der Waals surface area contributed by atoms with Gasteiger partial charge in [0.05, 0.1) is 23.2 Å². The van der Waals surface area contributed by atoms with E-state index in [2.05, 4.69) is 0 Å². The van der Waals surface area contributed by atoms with Gasteiger partial charge < -0.3 is 9.64 Å². The molecule has 6 heteroatoms. The number of anilines is 1. The molecule has 0 bridgehead atoms. The van der Waals surface area contributed by atoms with E-state index < -0.39 is 4.92 Å². The molecule has 0 aromatic heterocycles. The van der Waals surface area contributed by atoms with Crippen molar-refractivity contribution < 1.29 is 14.1 Å². The number of fused-ring (bicyclic) bond motifs is 1. The maximum atomic E-state index is 13.7. The summed E-state index contributed by atoms with van der Waals surface area (Å²) >= 11 is 0. The Morgan fingerprint density at radius 2 is 2.05 bits per heavy atom. The highest BCUT2D eigenvalue weighted by atomic mass is 19.1. The molecule has 0 spiro atoms. The molecule has 0 atom stereocenters. The minimum Gasteiger partial charge on any atom is -0.461 e. The standard InChI is InChI=1S/C15H11FN2O3/c16-13-4-2-1-3-11(13)10-17-7-8-21-15-9-12(18(19)20)5-6-14(15)17/h1-9H,10H2. The Bertz CT molecular complexity index is 731. The van der Waals surface area contributed by atoms with Crippen LogP contribution in [0, 0.1) is 15.9 Å². The highest BCUT2D eigenvalue weighted by molar-refractivity contribution is 5.65. The number of hydrogen-bond donors (Lipinski definition) is 0. The first-order chi connectivity index (χ1) is 10.1. The molecular formula is C15H11FN2O3. The predicted octanol–water partition coefficient (Wildman–Crippen LogP) is 3.60. The lowest BCUT2D eigenvalue weighted by atomic mass is 10.1. The Hall–Kier alpha value is -2.89. The molecule has 0 radical (unpaired) electrons. The van der Waals surface area contributed by atoms with Gasteiger partial charge in [0.15, 0.2) is 5.75 Å². The molecule has 0 saturated heterocycles. The van der Waals surface area contributed by atoms with Crippen LogP contribution in [0.4, 0.5) is 15.8 Å². The number of rotatable bonds is 3. The van der Waals surface area contributed by atoms with E-state index in [1.54, 1.807) is 35.4 Å². The van der Waals surface area contributed by atoms with Crippen molar-refractivity contribution in [2.24, 2.45) is 0 Å². The van der Waals surface area contributed by atoms with Crippen molar-refractivity contribution in [1.29, 1.82) is 0 Å². The fourth-order valence-electron chi connectivity index (χ4n) is 2.15. The van der Waals surface area contributed by atoms with Crippen molar-refractivity contribution in [3.8, 4) is 5.75 Å². The molecule has 0 saturated carbocycles. The molecule has 1 heterocycles. The van der Waals surface area contributed by atoms with E-state index in [1.807, 2.05) is 0 Å². The van der Waals surface area contributed by atoms with Crippen molar-refractivity contribution in [2.45, 2.75) is 6.54 Å². The molecule has 0 N–H and O–H groups in total. The van der Waals surface area contributed by atoms with Gasteiger partial charge >= 0.3 is 0 Å². The van der Waals surface area contributed by atoms with Crippen LogP contribution in [0.3, 0.4) is 0 Å². The SMILES string of the molecule is O=[N+]([O-])c1ccc2c(c1)OC=CN2Cc1ccccc1F. The molecule has 0 aliphatic carbocycles. The zero-order valence-corrected chi connectivity index (χ0v) is 10.9. The van der Waals surface area contributed by atoms with Gasteiger partial charge in [-0.25, -0.2) is 4.39 Å². The predicted molar refractivity (Wildman–Crippen MR) is 75.4 cm³/mol. The number of halogens is 1. The summed E-state index contributed by atoms with van der Waals surface area (Å²) < 4.78 is 19.0. The van der Waals surface area contributed by atoms with Gasteiger partial charge in [-0.05, 0) is 12.1 Å². The van der Waals surface area contributed by atoms with Crippen LogP contribution in [0.2, 0.25) is 0 Å². The average molecular weight is 286 g/mol. The second-order valence-electron chi connectivity index (χ2n) is 4.53. The second kappa shape index (κ2) is 5.24. The van der Waals surface area contributed by atoms with Gasteiger partial charge in [0.1, 0.15) is 12.1 Å². The van der Waals surface area contributed by atoms with Gasteiger partial charge in [-0.2, -0.15) is 0 Å². The molecule has 1 aliphatic rings. The normalized spacial score (nSPS) is 12.7. The number of nitro benzene ring substituents is 1. The quantitative estimate of drug-likeness (QED) is 0.639. The number of nitrogens with zero attached hydrogens (tertiary/aromatic N) is 2. The Morgan fingerprint density at radius 3 is 2.81 bits per heavy atom. The van der Waals surface area contributed by atoms with E-state index in [-0.39, 0.29) is 11.5 Å². The lowest BCUT2D eigenvalue weighted by Gasteiger charge is -2.26. The summed E-state index contributed by atoms with van der Waals surface area (Å²) in [5.74, 6) is 0.0869. The van der Waals surface area contributed by atoms with Crippen LogP contribution >= 0.6 is 0 Å². The third-order valence-electron chi connectivity index (χ3n) is 3.20. The third kappa shape index (κ3) is 2.55. The first kappa shape index (κ1) is 13.1. The summed E-state index contributed by atoms with van der Waals surface area (Å²) in [6.45, 7) is 0.317. The van der Waals surface area contributed by atoms with Crippen molar-refractivity contribution in [1.82, 2.24) is 0 Å². The first-order valence-electron chi connectivity index (χ1n) is 6.27. The topological polar surface area (TPSA) is 55.6 Å². The molecule has 5 nitrogen and oxygen atoms in total. The molecule has 3 rings (SSSR count). The van der Waals surface area contributed by atoms with Gasteiger partial charge in [0, 0.05) is 17.8 Å². The Kier molecular flexibility index (Phi) is 3.27. The summed E-state index contributed by atoms with van der Waals surface area (Å²) in [7, 11) is 0. The van der Waals surface area contributed by atoms with Gasteiger partial charge in [-0.15, -0.1) is 0 Å². The summed E-state index contributed by atoms with van der Waals surface area (Å²) in [5, 5.41) is 10.8.